The third-order valence-electron chi connectivity index (χ3n) is 3.09. The number of nitrogens with one attached hydrogen (secondary N) is 1. The molecule has 1 heterocycles. The number of amides is 2. The van der Waals surface area contributed by atoms with Gasteiger partial charge in [0, 0.05) is 24.8 Å². The SMILES string of the molecule is C#CCOc1cccc(NC(=O)N2CCCC(O)C2)c1. The van der Waals surface area contributed by atoms with E-state index in [-0.39, 0.29) is 12.6 Å². The number of anilines is 1. The first-order valence-electron chi connectivity index (χ1n) is 6.59. The number of urea groups is 1. The molecule has 5 heteroatoms. The van der Waals surface area contributed by atoms with Crippen molar-refractivity contribution < 1.29 is 14.6 Å². The average molecular weight is 274 g/mol. The first-order valence-corrected chi connectivity index (χ1v) is 6.59. The number of terminal acetylenes is 1. The molecule has 1 atom stereocenters. The van der Waals surface area contributed by atoms with Gasteiger partial charge in [0.05, 0.1) is 6.10 Å². The molecule has 5 nitrogen and oxygen atoms in total. The van der Waals surface area contributed by atoms with Crippen LogP contribution in [0.5, 0.6) is 5.75 Å². The fourth-order valence-corrected chi connectivity index (χ4v) is 2.13. The number of rotatable bonds is 3. The third kappa shape index (κ3) is 3.90. The molecule has 1 saturated heterocycles. The molecule has 2 rings (SSSR count). The number of hydrogen-bond acceptors (Lipinski definition) is 3. The normalized spacial score (nSPS) is 18.2. The minimum absolute atomic E-state index is 0.190. The molecule has 2 amide bonds. The lowest BCUT2D eigenvalue weighted by molar-refractivity contribution is 0.0883. The number of carbonyl (C=O) groups excluding carboxylic acids is 1. The Morgan fingerprint density at radius 2 is 2.45 bits per heavy atom. The molecule has 1 fully saturated rings. The molecule has 0 saturated carbocycles. The Hall–Kier alpha value is -2.19. The van der Waals surface area contributed by atoms with Crippen LogP contribution in [-0.2, 0) is 0 Å². The van der Waals surface area contributed by atoms with Crippen LogP contribution < -0.4 is 10.1 Å². The van der Waals surface area contributed by atoms with E-state index in [9.17, 15) is 9.90 Å². The number of aliphatic hydroxyl groups excluding tert-OH is 1. The highest BCUT2D eigenvalue weighted by Crippen LogP contribution is 2.18. The van der Waals surface area contributed by atoms with Crippen LogP contribution in [0.2, 0.25) is 0 Å². The lowest BCUT2D eigenvalue weighted by Crippen LogP contribution is -2.44. The van der Waals surface area contributed by atoms with E-state index in [1.54, 1.807) is 29.2 Å². The molecule has 0 bridgehead atoms. The van der Waals surface area contributed by atoms with Crippen LogP contribution in [0.1, 0.15) is 12.8 Å². The number of ether oxygens (including phenoxy) is 1. The van der Waals surface area contributed by atoms with Crippen molar-refractivity contribution in [3.8, 4) is 18.1 Å². The highest BCUT2D eigenvalue weighted by molar-refractivity contribution is 5.89. The summed E-state index contributed by atoms with van der Waals surface area (Å²) >= 11 is 0. The summed E-state index contributed by atoms with van der Waals surface area (Å²) in [5.74, 6) is 3.00. The molecule has 0 spiro atoms. The van der Waals surface area contributed by atoms with E-state index in [0.717, 1.165) is 12.8 Å². The van der Waals surface area contributed by atoms with Crippen molar-refractivity contribution in [2.75, 3.05) is 25.0 Å². The van der Waals surface area contributed by atoms with E-state index in [4.69, 9.17) is 11.2 Å². The molecule has 2 N–H and O–H groups in total. The molecular formula is C15H18N2O3. The van der Waals surface area contributed by atoms with Gasteiger partial charge in [0.15, 0.2) is 0 Å². The van der Waals surface area contributed by atoms with Gasteiger partial charge >= 0.3 is 6.03 Å². The molecular weight excluding hydrogens is 256 g/mol. The molecule has 20 heavy (non-hydrogen) atoms. The van der Waals surface area contributed by atoms with Crippen molar-refractivity contribution in [2.45, 2.75) is 18.9 Å². The number of likely N-dealkylation sites (tertiary alicyclic amines) is 1. The first kappa shape index (κ1) is 14.2. The molecule has 0 aromatic heterocycles. The van der Waals surface area contributed by atoms with Crippen LogP contribution in [0.15, 0.2) is 24.3 Å². The molecule has 1 aromatic rings. The van der Waals surface area contributed by atoms with E-state index in [1.807, 2.05) is 0 Å². The lowest BCUT2D eigenvalue weighted by atomic mass is 10.1. The number of nitrogens with zero attached hydrogens (tertiary/aromatic N) is 1. The lowest BCUT2D eigenvalue weighted by Gasteiger charge is -2.30. The zero-order valence-electron chi connectivity index (χ0n) is 11.2. The van der Waals surface area contributed by atoms with Crippen LogP contribution >= 0.6 is 0 Å². The van der Waals surface area contributed by atoms with Crippen LogP contribution in [0.4, 0.5) is 10.5 Å². The van der Waals surface area contributed by atoms with E-state index in [2.05, 4.69) is 11.2 Å². The molecule has 106 valence electrons. The van der Waals surface area contributed by atoms with E-state index in [0.29, 0.717) is 24.5 Å². The zero-order chi connectivity index (χ0) is 14.4. The average Bonchev–Trinajstić information content (AvgIpc) is 2.45. The number of benzene rings is 1. The van der Waals surface area contributed by atoms with Gasteiger partial charge in [-0.25, -0.2) is 4.79 Å². The van der Waals surface area contributed by atoms with E-state index < -0.39 is 6.10 Å². The number of piperidine rings is 1. The molecule has 0 radical (unpaired) electrons. The Bertz CT molecular complexity index is 510. The maximum Gasteiger partial charge on any atom is 0.321 e. The summed E-state index contributed by atoms with van der Waals surface area (Å²) in [6.07, 6.45) is 6.27. The van der Waals surface area contributed by atoms with Gasteiger partial charge in [-0.05, 0) is 25.0 Å². The minimum Gasteiger partial charge on any atom is -0.481 e. The highest BCUT2D eigenvalue weighted by Gasteiger charge is 2.21. The Kier molecular flexibility index (Phi) is 4.85. The Labute approximate surface area is 118 Å². The summed E-state index contributed by atoms with van der Waals surface area (Å²) in [7, 11) is 0. The van der Waals surface area contributed by atoms with Crippen LogP contribution in [0, 0.1) is 12.3 Å². The molecule has 1 aliphatic heterocycles. The second kappa shape index (κ2) is 6.83. The Balaban J connectivity index is 1.95. The summed E-state index contributed by atoms with van der Waals surface area (Å²) in [5.41, 5.74) is 0.643. The largest absolute Gasteiger partial charge is 0.481 e. The third-order valence-corrected chi connectivity index (χ3v) is 3.09. The number of hydrogen-bond donors (Lipinski definition) is 2. The predicted molar refractivity (Wildman–Crippen MR) is 76.6 cm³/mol. The fraction of sp³-hybridized carbons (Fsp3) is 0.400. The van der Waals surface area contributed by atoms with Crippen molar-refractivity contribution in [1.29, 1.82) is 0 Å². The van der Waals surface area contributed by atoms with Gasteiger partial charge in [0.1, 0.15) is 12.4 Å². The number of carbonyl (C=O) groups is 1. The molecule has 1 aromatic carbocycles. The van der Waals surface area contributed by atoms with Gasteiger partial charge in [0.2, 0.25) is 0 Å². The maximum atomic E-state index is 12.1. The Morgan fingerprint density at radius 3 is 3.20 bits per heavy atom. The summed E-state index contributed by atoms with van der Waals surface area (Å²) < 4.78 is 5.30. The minimum atomic E-state index is -0.431. The predicted octanol–water partition coefficient (Wildman–Crippen LogP) is 1.69. The van der Waals surface area contributed by atoms with E-state index >= 15 is 0 Å². The van der Waals surface area contributed by atoms with Gasteiger partial charge in [-0.2, -0.15) is 0 Å². The second-order valence-electron chi connectivity index (χ2n) is 4.69. The van der Waals surface area contributed by atoms with Gasteiger partial charge in [0.25, 0.3) is 0 Å². The van der Waals surface area contributed by atoms with Gasteiger partial charge in [-0.15, -0.1) is 6.42 Å². The molecule has 1 unspecified atom stereocenters. The summed E-state index contributed by atoms with van der Waals surface area (Å²) in [6.45, 7) is 1.23. The summed E-state index contributed by atoms with van der Waals surface area (Å²) in [6, 6.07) is 6.85. The van der Waals surface area contributed by atoms with Crippen molar-refractivity contribution in [3.63, 3.8) is 0 Å². The highest BCUT2D eigenvalue weighted by atomic mass is 16.5. The van der Waals surface area contributed by atoms with Crippen LogP contribution in [0.3, 0.4) is 0 Å². The van der Waals surface area contributed by atoms with Crippen molar-refractivity contribution in [3.05, 3.63) is 24.3 Å². The summed E-state index contributed by atoms with van der Waals surface area (Å²) in [5, 5.41) is 12.4. The monoisotopic (exact) mass is 274 g/mol. The number of β-amino-alcohol motifs (C(OH)–C–C–N with tert-alkyl or cyclic N) is 1. The van der Waals surface area contributed by atoms with Gasteiger partial charge < -0.3 is 20.1 Å². The smallest absolute Gasteiger partial charge is 0.321 e. The fourth-order valence-electron chi connectivity index (χ4n) is 2.13. The van der Waals surface area contributed by atoms with Crippen LogP contribution in [-0.4, -0.2) is 41.8 Å². The maximum absolute atomic E-state index is 12.1. The molecule has 1 aliphatic rings. The van der Waals surface area contributed by atoms with Gasteiger partial charge in [-0.1, -0.05) is 12.0 Å². The number of aliphatic hydroxyl groups is 1. The second-order valence-corrected chi connectivity index (χ2v) is 4.69. The first-order chi connectivity index (χ1) is 9.69. The van der Waals surface area contributed by atoms with E-state index in [1.165, 1.54) is 0 Å². The Morgan fingerprint density at radius 1 is 1.60 bits per heavy atom. The van der Waals surface area contributed by atoms with Crippen molar-refractivity contribution >= 4 is 11.7 Å². The standard InChI is InChI=1S/C15H18N2O3/c1-2-9-20-14-7-3-5-12(10-14)16-15(19)17-8-4-6-13(18)11-17/h1,3,5,7,10,13,18H,4,6,8-9,11H2,(H,16,19). The summed E-state index contributed by atoms with van der Waals surface area (Å²) in [4.78, 5) is 13.7. The zero-order valence-corrected chi connectivity index (χ0v) is 11.2. The van der Waals surface area contributed by atoms with Gasteiger partial charge in [-0.3, -0.25) is 0 Å². The van der Waals surface area contributed by atoms with Crippen LogP contribution in [0.25, 0.3) is 0 Å². The van der Waals surface area contributed by atoms with Crippen molar-refractivity contribution in [2.24, 2.45) is 0 Å². The molecule has 0 aliphatic carbocycles. The topological polar surface area (TPSA) is 61.8 Å². The quantitative estimate of drug-likeness (QED) is 0.824. The van der Waals surface area contributed by atoms with Crippen molar-refractivity contribution in [1.82, 2.24) is 4.90 Å².